The van der Waals surface area contributed by atoms with Crippen LogP contribution >= 0.6 is 0 Å². The van der Waals surface area contributed by atoms with Crippen LogP contribution in [0.1, 0.15) is 13.8 Å². The summed E-state index contributed by atoms with van der Waals surface area (Å²) in [6.07, 6.45) is 1.73. The zero-order chi connectivity index (χ0) is 13.5. The van der Waals surface area contributed by atoms with Crippen LogP contribution in [0.3, 0.4) is 0 Å². The SMILES string of the molecule is CC(C)C(=O)Nc1ccc(NCCN(C)C)cn1. The van der Waals surface area contributed by atoms with Gasteiger partial charge in [-0.2, -0.15) is 0 Å². The molecular formula is C13H22N4O. The van der Waals surface area contributed by atoms with Crippen LogP contribution in [0.4, 0.5) is 11.5 Å². The van der Waals surface area contributed by atoms with Crippen molar-refractivity contribution in [2.75, 3.05) is 37.8 Å². The first kappa shape index (κ1) is 14.4. The molecule has 1 amide bonds. The molecule has 1 aromatic heterocycles. The van der Waals surface area contributed by atoms with Gasteiger partial charge >= 0.3 is 0 Å². The Morgan fingerprint density at radius 3 is 2.61 bits per heavy atom. The second kappa shape index (κ2) is 6.96. The third-order valence-corrected chi connectivity index (χ3v) is 2.43. The van der Waals surface area contributed by atoms with Gasteiger partial charge in [-0.15, -0.1) is 0 Å². The van der Waals surface area contributed by atoms with Crippen molar-refractivity contribution in [1.29, 1.82) is 0 Å². The number of pyridine rings is 1. The largest absolute Gasteiger partial charge is 0.383 e. The molecule has 100 valence electrons. The fraction of sp³-hybridized carbons (Fsp3) is 0.538. The predicted octanol–water partition coefficient (Wildman–Crippen LogP) is 1.65. The number of amides is 1. The van der Waals surface area contributed by atoms with Crippen LogP contribution < -0.4 is 10.6 Å². The van der Waals surface area contributed by atoms with Crippen LogP contribution in [-0.4, -0.2) is 43.0 Å². The van der Waals surface area contributed by atoms with Crippen LogP contribution in [0.2, 0.25) is 0 Å². The van der Waals surface area contributed by atoms with E-state index < -0.39 is 0 Å². The van der Waals surface area contributed by atoms with E-state index in [1.165, 1.54) is 0 Å². The van der Waals surface area contributed by atoms with E-state index in [2.05, 4.69) is 20.5 Å². The average Bonchev–Trinajstić information content (AvgIpc) is 2.30. The van der Waals surface area contributed by atoms with Gasteiger partial charge in [0, 0.05) is 19.0 Å². The summed E-state index contributed by atoms with van der Waals surface area (Å²) in [5, 5.41) is 6.02. The normalized spacial score (nSPS) is 10.8. The number of aromatic nitrogens is 1. The van der Waals surface area contributed by atoms with E-state index >= 15 is 0 Å². The number of carbonyl (C=O) groups is 1. The molecule has 0 radical (unpaired) electrons. The Morgan fingerprint density at radius 2 is 2.11 bits per heavy atom. The molecule has 0 spiro atoms. The Balaban J connectivity index is 2.45. The fourth-order valence-electron chi connectivity index (χ4n) is 1.27. The van der Waals surface area contributed by atoms with Crippen molar-refractivity contribution >= 4 is 17.4 Å². The number of hydrogen-bond donors (Lipinski definition) is 2. The standard InChI is InChI=1S/C13H22N4O/c1-10(2)13(18)16-12-6-5-11(9-15-12)14-7-8-17(3)4/h5-6,9-10,14H,7-8H2,1-4H3,(H,15,16,18). The number of hydrogen-bond acceptors (Lipinski definition) is 4. The van der Waals surface area contributed by atoms with Crippen molar-refractivity contribution in [3.63, 3.8) is 0 Å². The van der Waals surface area contributed by atoms with Gasteiger partial charge in [0.2, 0.25) is 5.91 Å². The lowest BCUT2D eigenvalue weighted by atomic mass is 10.2. The van der Waals surface area contributed by atoms with Crippen molar-refractivity contribution < 1.29 is 4.79 Å². The third-order valence-electron chi connectivity index (χ3n) is 2.43. The lowest BCUT2D eigenvalue weighted by molar-refractivity contribution is -0.118. The molecular weight excluding hydrogens is 228 g/mol. The zero-order valence-electron chi connectivity index (χ0n) is 11.5. The highest BCUT2D eigenvalue weighted by Crippen LogP contribution is 2.10. The molecule has 18 heavy (non-hydrogen) atoms. The molecule has 0 saturated carbocycles. The van der Waals surface area contributed by atoms with Crippen LogP contribution in [0, 0.1) is 5.92 Å². The van der Waals surface area contributed by atoms with Gasteiger partial charge in [-0.25, -0.2) is 4.98 Å². The smallest absolute Gasteiger partial charge is 0.228 e. The molecule has 0 aromatic carbocycles. The van der Waals surface area contributed by atoms with E-state index in [4.69, 9.17) is 0 Å². The van der Waals surface area contributed by atoms with Crippen molar-refractivity contribution in [3.05, 3.63) is 18.3 Å². The molecule has 1 aromatic rings. The first-order valence-corrected chi connectivity index (χ1v) is 6.14. The summed E-state index contributed by atoms with van der Waals surface area (Å²) in [4.78, 5) is 17.8. The predicted molar refractivity (Wildman–Crippen MR) is 74.7 cm³/mol. The number of likely N-dealkylation sites (N-methyl/N-ethyl adjacent to an activating group) is 1. The lowest BCUT2D eigenvalue weighted by Gasteiger charge is -2.11. The van der Waals surface area contributed by atoms with E-state index in [0.29, 0.717) is 5.82 Å². The summed E-state index contributed by atoms with van der Waals surface area (Å²) >= 11 is 0. The minimum absolute atomic E-state index is 0.0178. The Hall–Kier alpha value is -1.62. The van der Waals surface area contributed by atoms with E-state index in [9.17, 15) is 4.79 Å². The molecule has 0 aliphatic rings. The summed E-state index contributed by atoms with van der Waals surface area (Å²) in [5.41, 5.74) is 0.958. The summed E-state index contributed by atoms with van der Waals surface area (Å²) in [7, 11) is 4.06. The third kappa shape index (κ3) is 5.14. The first-order chi connectivity index (χ1) is 8.49. The van der Waals surface area contributed by atoms with Crippen molar-refractivity contribution in [3.8, 4) is 0 Å². The molecule has 0 saturated heterocycles. The molecule has 0 unspecified atom stereocenters. The number of carbonyl (C=O) groups excluding carboxylic acids is 1. The van der Waals surface area contributed by atoms with E-state index in [1.807, 2.05) is 34.0 Å². The lowest BCUT2D eigenvalue weighted by Crippen LogP contribution is -2.21. The maximum absolute atomic E-state index is 11.5. The number of rotatable bonds is 6. The summed E-state index contributed by atoms with van der Waals surface area (Å²) in [6.45, 7) is 5.54. The molecule has 1 rings (SSSR count). The van der Waals surface area contributed by atoms with E-state index in [-0.39, 0.29) is 11.8 Å². The van der Waals surface area contributed by atoms with Gasteiger partial charge < -0.3 is 15.5 Å². The molecule has 0 aliphatic carbocycles. The minimum atomic E-state index is -0.0373. The monoisotopic (exact) mass is 250 g/mol. The van der Waals surface area contributed by atoms with Crippen molar-refractivity contribution in [1.82, 2.24) is 9.88 Å². The average molecular weight is 250 g/mol. The Kier molecular flexibility index (Phi) is 5.58. The first-order valence-electron chi connectivity index (χ1n) is 6.14. The Labute approximate surface area is 109 Å². The Morgan fingerprint density at radius 1 is 1.39 bits per heavy atom. The molecule has 5 heteroatoms. The van der Waals surface area contributed by atoms with E-state index in [0.717, 1.165) is 18.8 Å². The second-order valence-corrected chi connectivity index (χ2v) is 4.81. The zero-order valence-corrected chi connectivity index (χ0v) is 11.5. The highest BCUT2D eigenvalue weighted by Gasteiger charge is 2.07. The van der Waals surface area contributed by atoms with Crippen molar-refractivity contribution in [2.45, 2.75) is 13.8 Å². The second-order valence-electron chi connectivity index (χ2n) is 4.81. The highest BCUT2D eigenvalue weighted by atomic mass is 16.1. The highest BCUT2D eigenvalue weighted by molar-refractivity contribution is 5.91. The van der Waals surface area contributed by atoms with Crippen LogP contribution in [-0.2, 0) is 4.79 Å². The topological polar surface area (TPSA) is 57.3 Å². The van der Waals surface area contributed by atoms with Gasteiger partial charge in [0.25, 0.3) is 0 Å². The van der Waals surface area contributed by atoms with Crippen molar-refractivity contribution in [2.24, 2.45) is 5.92 Å². The van der Waals surface area contributed by atoms with Crippen LogP contribution in [0.25, 0.3) is 0 Å². The number of anilines is 2. The van der Waals surface area contributed by atoms with Gasteiger partial charge in [0.05, 0.1) is 11.9 Å². The molecule has 0 atom stereocenters. The summed E-state index contributed by atoms with van der Waals surface area (Å²) in [5.74, 6) is 0.535. The summed E-state index contributed by atoms with van der Waals surface area (Å²) < 4.78 is 0. The van der Waals surface area contributed by atoms with Crippen LogP contribution in [0.15, 0.2) is 18.3 Å². The molecule has 2 N–H and O–H groups in total. The minimum Gasteiger partial charge on any atom is -0.383 e. The maximum atomic E-state index is 11.5. The number of nitrogens with one attached hydrogen (secondary N) is 2. The van der Waals surface area contributed by atoms with Gasteiger partial charge in [0.1, 0.15) is 5.82 Å². The molecule has 1 heterocycles. The van der Waals surface area contributed by atoms with Gasteiger partial charge in [-0.1, -0.05) is 13.8 Å². The Bertz CT molecular complexity index is 373. The van der Waals surface area contributed by atoms with Gasteiger partial charge in [-0.05, 0) is 26.2 Å². The summed E-state index contributed by atoms with van der Waals surface area (Å²) in [6, 6.07) is 3.72. The quantitative estimate of drug-likeness (QED) is 0.806. The fourth-order valence-corrected chi connectivity index (χ4v) is 1.27. The maximum Gasteiger partial charge on any atom is 0.228 e. The molecule has 0 aliphatic heterocycles. The van der Waals surface area contributed by atoms with Gasteiger partial charge in [0.15, 0.2) is 0 Å². The van der Waals surface area contributed by atoms with Gasteiger partial charge in [-0.3, -0.25) is 4.79 Å². The molecule has 5 nitrogen and oxygen atoms in total. The molecule has 0 fully saturated rings. The van der Waals surface area contributed by atoms with Crippen LogP contribution in [0.5, 0.6) is 0 Å². The number of nitrogens with zero attached hydrogens (tertiary/aromatic N) is 2. The molecule has 0 bridgehead atoms. The van der Waals surface area contributed by atoms with E-state index in [1.54, 1.807) is 12.3 Å².